The van der Waals surface area contributed by atoms with Gasteiger partial charge in [-0.25, -0.2) is 4.79 Å². The molecule has 1 heterocycles. The summed E-state index contributed by atoms with van der Waals surface area (Å²) in [5, 5.41) is 5.92. The number of hydrogen-bond acceptors (Lipinski definition) is 5. The summed E-state index contributed by atoms with van der Waals surface area (Å²) in [7, 11) is 1.33. The van der Waals surface area contributed by atoms with E-state index in [4.69, 9.17) is 60.4 Å². The van der Waals surface area contributed by atoms with Gasteiger partial charge < -0.3 is 14.0 Å². The molecule has 0 atom stereocenters. The quantitative estimate of drug-likeness (QED) is 0.167. The lowest BCUT2D eigenvalue weighted by atomic mass is 10.0. The fourth-order valence-electron chi connectivity index (χ4n) is 3.91. The lowest BCUT2D eigenvalue weighted by Crippen LogP contribution is -2.01. The number of hydrogen-bond donors (Lipinski definition) is 0. The molecule has 38 heavy (non-hydrogen) atoms. The zero-order chi connectivity index (χ0) is 26.8. The monoisotopic (exact) mass is 585 g/mol. The van der Waals surface area contributed by atoms with Gasteiger partial charge in [0, 0.05) is 28.7 Å². The normalized spacial score (nSPS) is 12.6. The topological polar surface area (TPSA) is 61.6 Å². The van der Waals surface area contributed by atoms with E-state index < -0.39 is 5.97 Å². The van der Waals surface area contributed by atoms with E-state index in [0.717, 1.165) is 24.2 Å². The minimum Gasteiger partial charge on any atom is -0.487 e. The summed E-state index contributed by atoms with van der Waals surface area (Å²) in [6, 6.07) is 15.3. The summed E-state index contributed by atoms with van der Waals surface area (Å²) >= 11 is 25.9. The molecule has 9 heteroatoms. The minimum atomic E-state index is -0.436. The van der Waals surface area contributed by atoms with E-state index in [1.165, 1.54) is 7.11 Å². The highest BCUT2D eigenvalue weighted by atomic mass is 35.5. The molecule has 1 saturated carbocycles. The molecule has 4 aromatic rings. The van der Waals surface area contributed by atoms with Gasteiger partial charge in [-0.05, 0) is 49.2 Å². The number of halogens is 4. The Morgan fingerprint density at radius 2 is 1.71 bits per heavy atom. The zero-order valence-corrected chi connectivity index (χ0v) is 23.0. The predicted octanol–water partition coefficient (Wildman–Crippen LogP) is 8.60. The van der Waals surface area contributed by atoms with Gasteiger partial charge in [-0.1, -0.05) is 75.5 Å². The fourth-order valence-corrected chi connectivity index (χ4v) is 4.91. The van der Waals surface area contributed by atoms with Crippen molar-refractivity contribution in [2.45, 2.75) is 25.4 Å². The molecule has 5 rings (SSSR count). The molecule has 1 fully saturated rings. The smallest absolute Gasteiger partial charge is 0.337 e. The van der Waals surface area contributed by atoms with E-state index in [1.807, 2.05) is 0 Å². The molecule has 192 valence electrons. The Morgan fingerprint density at radius 1 is 0.974 bits per heavy atom. The zero-order valence-electron chi connectivity index (χ0n) is 20.0. The van der Waals surface area contributed by atoms with Crippen LogP contribution in [-0.4, -0.2) is 18.2 Å². The first-order chi connectivity index (χ1) is 18.4. The predicted molar refractivity (Wildman–Crippen MR) is 148 cm³/mol. The van der Waals surface area contributed by atoms with Crippen LogP contribution in [-0.2, 0) is 11.3 Å². The summed E-state index contributed by atoms with van der Waals surface area (Å²) < 4.78 is 16.5. The van der Waals surface area contributed by atoms with Crippen LogP contribution in [0, 0.1) is 11.8 Å². The van der Waals surface area contributed by atoms with Crippen LogP contribution in [0.15, 0.2) is 59.1 Å². The third-order valence-corrected chi connectivity index (χ3v) is 7.22. The molecule has 0 spiro atoms. The van der Waals surface area contributed by atoms with Crippen molar-refractivity contribution >= 4 is 52.4 Å². The van der Waals surface area contributed by atoms with Crippen LogP contribution >= 0.6 is 46.4 Å². The van der Waals surface area contributed by atoms with Gasteiger partial charge >= 0.3 is 5.97 Å². The highest BCUT2D eigenvalue weighted by molar-refractivity contribution is 6.39. The van der Waals surface area contributed by atoms with E-state index in [0.29, 0.717) is 53.8 Å². The van der Waals surface area contributed by atoms with E-state index >= 15 is 0 Å². The third-order valence-electron chi connectivity index (χ3n) is 5.99. The Morgan fingerprint density at radius 3 is 2.42 bits per heavy atom. The number of ether oxygens (including phenoxy) is 2. The Kier molecular flexibility index (Phi) is 7.88. The average molecular weight is 587 g/mol. The highest BCUT2D eigenvalue weighted by Crippen LogP contribution is 2.46. The van der Waals surface area contributed by atoms with Crippen molar-refractivity contribution in [1.29, 1.82) is 0 Å². The number of rotatable bonds is 6. The van der Waals surface area contributed by atoms with Crippen LogP contribution in [0.5, 0.6) is 5.75 Å². The highest BCUT2D eigenvalue weighted by Gasteiger charge is 2.33. The van der Waals surface area contributed by atoms with Crippen molar-refractivity contribution in [1.82, 2.24) is 5.16 Å². The Bertz CT molecular complexity index is 1580. The molecule has 0 saturated heterocycles. The van der Waals surface area contributed by atoms with Crippen molar-refractivity contribution in [3.05, 3.63) is 103 Å². The second-order valence-electron chi connectivity index (χ2n) is 8.62. The molecule has 1 aliphatic rings. The Balaban J connectivity index is 1.40. The van der Waals surface area contributed by atoms with E-state index in [-0.39, 0.29) is 12.5 Å². The first kappa shape index (κ1) is 26.5. The molecule has 0 aliphatic heterocycles. The maximum absolute atomic E-state index is 11.8. The largest absolute Gasteiger partial charge is 0.487 e. The SMILES string of the molecule is COC(=O)c1cccc(C#Cc2cc(Cl)c(OCc3c(-c4c(Cl)cccc4Cl)noc3C3CC3)cc2Cl)c1. The van der Waals surface area contributed by atoms with Gasteiger partial charge in [0.25, 0.3) is 0 Å². The summed E-state index contributed by atoms with van der Waals surface area (Å²) in [6.45, 7) is 0.133. The number of benzene rings is 3. The van der Waals surface area contributed by atoms with Gasteiger partial charge in [0.2, 0.25) is 0 Å². The second kappa shape index (κ2) is 11.3. The Labute approximate surface area is 239 Å². The maximum atomic E-state index is 11.8. The molecule has 0 N–H and O–H groups in total. The minimum absolute atomic E-state index is 0.133. The summed E-state index contributed by atoms with van der Waals surface area (Å²) in [5.41, 5.74) is 3.45. The maximum Gasteiger partial charge on any atom is 0.337 e. The number of esters is 1. The number of carbonyl (C=O) groups is 1. The number of carbonyl (C=O) groups excluding carboxylic acids is 1. The fraction of sp³-hybridized carbons (Fsp3) is 0.172. The third kappa shape index (κ3) is 5.65. The molecule has 1 aromatic heterocycles. The summed E-state index contributed by atoms with van der Waals surface area (Å²) in [5.74, 6) is 6.99. The molecule has 3 aromatic carbocycles. The summed E-state index contributed by atoms with van der Waals surface area (Å²) in [6.07, 6.45) is 2.03. The molecular weight excluding hydrogens is 568 g/mol. The van der Waals surface area contributed by atoms with Crippen LogP contribution in [0.2, 0.25) is 20.1 Å². The van der Waals surface area contributed by atoms with Gasteiger partial charge in [-0.2, -0.15) is 0 Å². The van der Waals surface area contributed by atoms with E-state index in [2.05, 4.69) is 17.0 Å². The second-order valence-corrected chi connectivity index (χ2v) is 10.2. The van der Waals surface area contributed by atoms with Gasteiger partial charge in [0.15, 0.2) is 0 Å². The molecule has 0 bridgehead atoms. The van der Waals surface area contributed by atoms with Crippen molar-refractivity contribution in [2.75, 3.05) is 7.11 Å². The average Bonchev–Trinajstić information content (AvgIpc) is 3.68. The first-order valence-electron chi connectivity index (χ1n) is 11.6. The number of nitrogens with zero attached hydrogens (tertiary/aromatic N) is 1. The van der Waals surface area contributed by atoms with Crippen LogP contribution in [0.1, 0.15) is 51.6 Å². The van der Waals surface area contributed by atoms with Gasteiger partial charge in [0.05, 0.1) is 38.3 Å². The van der Waals surface area contributed by atoms with Crippen molar-refractivity contribution in [3.63, 3.8) is 0 Å². The molecule has 5 nitrogen and oxygen atoms in total. The van der Waals surface area contributed by atoms with Crippen molar-refractivity contribution < 1.29 is 18.8 Å². The van der Waals surface area contributed by atoms with Crippen LogP contribution in [0.25, 0.3) is 11.3 Å². The van der Waals surface area contributed by atoms with Gasteiger partial charge in [0.1, 0.15) is 23.8 Å². The summed E-state index contributed by atoms with van der Waals surface area (Å²) in [4.78, 5) is 11.8. The van der Waals surface area contributed by atoms with Crippen LogP contribution in [0.3, 0.4) is 0 Å². The Hall–Kier alpha value is -3.14. The molecule has 0 radical (unpaired) electrons. The standard InChI is InChI=1S/C29H19Cl4NO4/c1-36-29(35)19-5-2-4-16(12-19)8-9-18-13-24(33)25(14-23(18)32)37-15-20-27(34-38-28(20)17-10-11-17)26-21(30)6-3-7-22(26)31/h2-7,12-14,17H,10-11,15H2,1H3. The number of methoxy groups -OCH3 is 1. The molecular formula is C29H19Cl4NO4. The van der Waals surface area contributed by atoms with Crippen molar-refractivity contribution in [3.8, 4) is 28.8 Å². The van der Waals surface area contributed by atoms with Gasteiger partial charge in [-0.15, -0.1) is 0 Å². The molecule has 0 unspecified atom stereocenters. The van der Waals surface area contributed by atoms with E-state index in [1.54, 1.807) is 54.6 Å². The molecule has 0 amide bonds. The van der Waals surface area contributed by atoms with Crippen LogP contribution in [0.4, 0.5) is 0 Å². The van der Waals surface area contributed by atoms with Gasteiger partial charge in [-0.3, -0.25) is 0 Å². The number of aromatic nitrogens is 1. The lowest BCUT2D eigenvalue weighted by molar-refractivity contribution is 0.0600. The lowest BCUT2D eigenvalue weighted by Gasteiger charge is -2.11. The first-order valence-corrected chi connectivity index (χ1v) is 13.1. The van der Waals surface area contributed by atoms with Crippen molar-refractivity contribution in [2.24, 2.45) is 0 Å². The van der Waals surface area contributed by atoms with E-state index in [9.17, 15) is 4.79 Å². The molecule has 1 aliphatic carbocycles. The van der Waals surface area contributed by atoms with Crippen LogP contribution < -0.4 is 4.74 Å².